The van der Waals surface area contributed by atoms with Gasteiger partial charge >= 0.3 is 0 Å². The van der Waals surface area contributed by atoms with E-state index in [-0.39, 0.29) is 11.9 Å². The molecule has 1 amide bonds. The van der Waals surface area contributed by atoms with Gasteiger partial charge in [0, 0.05) is 7.05 Å². The zero-order valence-electron chi connectivity index (χ0n) is 13.1. The van der Waals surface area contributed by atoms with Crippen LogP contribution in [-0.2, 0) is 4.79 Å². The molecule has 0 heterocycles. The second kappa shape index (κ2) is 7.09. The average molecular weight is 299 g/mol. The van der Waals surface area contributed by atoms with Crippen molar-refractivity contribution in [3.63, 3.8) is 0 Å². The van der Waals surface area contributed by atoms with Crippen molar-refractivity contribution >= 4 is 5.91 Å². The molecule has 0 saturated heterocycles. The maximum Gasteiger partial charge on any atom is 0.256 e. The number of ether oxygens (including phenoxy) is 1. The van der Waals surface area contributed by atoms with E-state index in [9.17, 15) is 9.90 Å². The molecule has 2 rings (SSSR count). The predicted molar refractivity (Wildman–Crippen MR) is 85.6 cm³/mol. The molecule has 0 aromatic heterocycles. The lowest BCUT2D eigenvalue weighted by atomic mass is 10.0. The van der Waals surface area contributed by atoms with Crippen LogP contribution in [0.2, 0.25) is 0 Å². The lowest BCUT2D eigenvalue weighted by Crippen LogP contribution is -2.33. The Morgan fingerprint density at radius 1 is 1.05 bits per heavy atom. The van der Waals surface area contributed by atoms with Crippen LogP contribution in [0.3, 0.4) is 0 Å². The molecule has 116 valence electrons. The first-order valence-electron chi connectivity index (χ1n) is 7.18. The Morgan fingerprint density at radius 3 is 2.18 bits per heavy atom. The van der Waals surface area contributed by atoms with E-state index in [1.165, 1.54) is 0 Å². The van der Waals surface area contributed by atoms with E-state index in [0.717, 1.165) is 11.3 Å². The quantitative estimate of drug-likeness (QED) is 0.923. The summed E-state index contributed by atoms with van der Waals surface area (Å²) in [7, 11) is 3.31. The molecule has 0 radical (unpaired) electrons. The van der Waals surface area contributed by atoms with E-state index >= 15 is 0 Å². The lowest BCUT2D eigenvalue weighted by Gasteiger charge is -2.27. The molecule has 0 spiro atoms. The van der Waals surface area contributed by atoms with E-state index in [4.69, 9.17) is 4.74 Å². The highest BCUT2D eigenvalue weighted by Crippen LogP contribution is 2.24. The van der Waals surface area contributed by atoms with Gasteiger partial charge in [0.15, 0.2) is 6.10 Å². The molecule has 1 N–H and O–H groups in total. The molecule has 4 heteroatoms. The molecule has 0 bridgehead atoms. The Bertz CT molecular complexity index is 610. The monoisotopic (exact) mass is 299 g/mol. The zero-order chi connectivity index (χ0) is 16.1. The largest absolute Gasteiger partial charge is 0.497 e. The minimum absolute atomic E-state index is 0.142. The van der Waals surface area contributed by atoms with Gasteiger partial charge in [0.05, 0.1) is 13.2 Å². The van der Waals surface area contributed by atoms with Crippen LogP contribution in [-0.4, -0.2) is 30.1 Å². The summed E-state index contributed by atoms with van der Waals surface area (Å²) in [5, 5.41) is 10.2. The molecule has 22 heavy (non-hydrogen) atoms. The van der Waals surface area contributed by atoms with Crippen molar-refractivity contribution in [2.75, 3.05) is 14.2 Å². The van der Waals surface area contributed by atoms with Crippen molar-refractivity contribution in [2.24, 2.45) is 0 Å². The molecule has 2 aromatic rings. The highest BCUT2D eigenvalue weighted by atomic mass is 16.5. The summed E-state index contributed by atoms with van der Waals surface area (Å²) in [6, 6.07) is 16.4. The highest BCUT2D eigenvalue weighted by Gasteiger charge is 2.25. The van der Waals surface area contributed by atoms with Gasteiger partial charge in [-0.05, 0) is 30.2 Å². The molecule has 0 fully saturated rings. The van der Waals surface area contributed by atoms with Crippen LogP contribution in [0.4, 0.5) is 0 Å². The number of aliphatic hydroxyl groups is 1. The number of methoxy groups -OCH3 is 1. The summed E-state index contributed by atoms with van der Waals surface area (Å²) in [6.07, 6.45) is -1.15. The minimum Gasteiger partial charge on any atom is -0.497 e. The Hall–Kier alpha value is -2.33. The van der Waals surface area contributed by atoms with Crippen LogP contribution in [0.15, 0.2) is 54.6 Å². The Labute approximate surface area is 131 Å². The van der Waals surface area contributed by atoms with Gasteiger partial charge in [-0.1, -0.05) is 42.5 Å². The summed E-state index contributed by atoms with van der Waals surface area (Å²) >= 11 is 0. The number of hydrogen-bond donors (Lipinski definition) is 1. The first kappa shape index (κ1) is 16.0. The molecule has 0 aliphatic rings. The zero-order valence-corrected chi connectivity index (χ0v) is 13.1. The van der Waals surface area contributed by atoms with Gasteiger partial charge in [0.25, 0.3) is 5.91 Å². The third-order valence-electron chi connectivity index (χ3n) is 3.88. The lowest BCUT2D eigenvalue weighted by molar-refractivity contribution is -0.141. The Balaban J connectivity index is 2.11. The number of amides is 1. The van der Waals surface area contributed by atoms with Crippen molar-refractivity contribution in [1.82, 2.24) is 4.90 Å². The highest BCUT2D eigenvalue weighted by molar-refractivity contribution is 5.82. The molecule has 2 aromatic carbocycles. The molecule has 0 aliphatic carbocycles. The third kappa shape index (κ3) is 3.46. The molecule has 0 aliphatic heterocycles. The van der Waals surface area contributed by atoms with E-state index in [1.807, 2.05) is 37.3 Å². The normalized spacial score (nSPS) is 13.3. The number of carbonyl (C=O) groups is 1. The minimum atomic E-state index is -1.15. The third-order valence-corrected chi connectivity index (χ3v) is 3.88. The van der Waals surface area contributed by atoms with Gasteiger partial charge in [-0.25, -0.2) is 0 Å². The number of likely N-dealkylation sites (N-methyl/N-ethyl adjacent to an activating group) is 1. The number of aliphatic hydroxyl groups excluding tert-OH is 1. The topological polar surface area (TPSA) is 49.8 Å². The average Bonchev–Trinajstić information content (AvgIpc) is 2.60. The first-order chi connectivity index (χ1) is 10.5. The SMILES string of the molecule is COc1ccc(C(C)N(C)C(=O)C(O)c2ccccc2)cc1. The maximum atomic E-state index is 12.4. The van der Waals surface area contributed by atoms with Gasteiger partial charge in [-0.15, -0.1) is 0 Å². The Kier molecular flexibility index (Phi) is 5.17. The Morgan fingerprint density at radius 2 is 1.64 bits per heavy atom. The molecular weight excluding hydrogens is 278 g/mol. The van der Waals surface area contributed by atoms with Crippen LogP contribution in [0.25, 0.3) is 0 Å². The van der Waals surface area contributed by atoms with Gasteiger partial charge in [-0.3, -0.25) is 4.79 Å². The van der Waals surface area contributed by atoms with Crippen LogP contribution in [0, 0.1) is 0 Å². The smallest absolute Gasteiger partial charge is 0.256 e. The molecular formula is C18H21NO3. The second-order valence-corrected chi connectivity index (χ2v) is 5.21. The van der Waals surface area contributed by atoms with Crippen LogP contribution >= 0.6 is 0 Å². The van der Waals surface area contributed by atoms with Gasteiger partial charge in [-0.2, -0.15) is 0 Å². The number of hydrogen-bond acceptors (Lipinski definition) is 3. The van der Waals surface area contributed by atoms with Crippen LogP contribution < -0.4 is 4.74 Å². The van der Waals surface area contributed by atoms with E-state index in [2.05, 4.69) is 0 Å². The molecule has 2 atom stereocenters. The second-order valence-electron chi connectivity index (χ2n) is 5.21. The van der Waals surface area contributed by atoms with Crippen molar-refractivity contribution in [2.45, 2.75) is 19.1 Å². The standard InChI is InChI=1S/C18H21NO3/c1-13(14-9-11-16(22-3)12-10-14)19(2)18(21)17(20)15-7-5-4-6-8-15/h4-13,17,20H,1-3H3. The van der Waals surface area contributed by atoms with Crippen molar-refractivity contribution in [3.05, 3.63) is 65.7 Å². The number of nitrogens with zero attached hydrogens (tertiary/aromatic N) is 1. The number of benzene rings is 2. The molecule has 2 unspecified atom stereocenters. The van der Waals surface area contributed by atoms with Gasteiger partial charge < -0.3 is 14.7 Å². The fourth-order valence-corrected chi connectivity index (χ4v) is 2.27. The number of carbonyl (C=O) groups excluding carboxylic acids is 1. The maximum absolute atomic E-state index is 12.4. The summed E-state index contributed by atoms with van der Waals surface area (Å²) in [5.41, 5.74) is 1.58. The van der Waals surface area contributed by atoms with E-state index in [1.54, 1.807) is 43.3 Å². The van der Waals surface area contributed by atoms with Crippen molar-refractivity contribution < 1.29 is 14.6 Å². The number of rotatable bonds is 5. The summed E-state index contributed by atoms with van der Waals surface area (Å²) in [4.78, 5) is 14.0. The van der Waals surface area contributed by atoms with Crippen LogP contribution in [0.1, 0.15) is 30.2 Å². The van der Waals surface area contributed by atoms with Gasteiger partial charge in [0.2, 0.25) is 0 Å². The van der Waals surface area contributed by atoms with E-state index < -0.39 is 6.10 Å². The summed E-state index contributed by atoms with van der Waals surface area (Å²) < 4.78 is 5.13. The first-order valence-corrected chi connectivity index (χ1v) is 7.18. The van der Waals surface area contributed by atoms with Gasteiger partial charge in [0.1, 0.15) is 5.75 Å². The molecule has 0 saturated carbocycles. The van der Waals surface area contributed by atoms with E-state index in [0.29, 0.717) is 5.56 Å². The predicted octanol–water partition coefficient (Wildman–Crippen LogP) is 2.95. The fourth-order valence-electron chi connectivity index (χ4n) is 2.27. The summed E-state index contributed by atoms with van der Waals surface area (Å²) in [6.45, 7) is 1.93. The summed E-state index contributed by atoms with van der Waals surface area (Å²) in [5.74, 6) is 0.448. The van der Waals surface area contributed by atoms with Crippen molar-refractivity contribution in [3.8, 4) is 5.75 Å². The fraction of sp³-hybridized carbons (Fsp3) is 0.278. The molecule has 4 nitrogen and oxygen atoms in total. The van der Waals surface area contributed by atoms with Crippen LogP contribution in [0.5, 0.6) is 5.75 Å². The van der Waals surface area contributed by atoms with Crippen molar-refractivity contribution in [1.29, 1.82) is 0 Å².